The van der Waals surface area contributed by atoms with Crippen LogP contribution in [0.15, 0.2) is 30.3 Å². The minimum atomic E-state index is -0.500. The highest BCUT2D eigenvalue weighted by Gasteiger charge is 1.93. The summed E-state index contributed by atoms with van der Waals surface area (Å²) in [4.78, 5) is 9.62. The lowest BCUT2D eigenvalue weighted by atomic mass is 10.3. The number of benzene rings is 1. The van der Waals surface area contributed by atoms with Gasteiger partial charge in [-0.15, -0.1) is 0 Å². The maximum atomic E-state index is 8.25. The standard InChI is InChI=1S/C8H11N.CH2O2/c1-9(2)8-6-4-3-5-7-8;2-1-3/h3-7H,1-2H3;1H,(H,2,3). The van der Waals surface area contributed by atoms with Crippen LogP contribution in [0.3, 0.4) is 0 Å². The van der Waals surface area contributed by atoms with E-state index < -0.39 is 6.47 Å². The average molecular weight is 167 g/mol. The van der Waals surface area contributed by atoms with Crippen molar-refractivity contribution in [2.75, 3.05) is 14.1 Å². The Morgan fingerprint density at radius 3 is 1.92 bits per heavy atom. The summed E-state index contributed by atoms with van der Waals surface area (Å²) in [5.74, 6) is 0. The first-order chi connectivity index (χ1) is 5.72. The molecule has 0 atom stereocenters. The van der Waals surface area contributed by atoms with E-state index in [1.54, 1.807) is 0 Å². The molecule has 0 amide bonds. The van der Waals surface area contributed by atoms with Gasteiger partial charge in [-0.25, -0.2) is 0 Å². The molecule has 1 rings (SSSR count). The van der Waals surface area contributed by atoms with E-state index in [-0.39, 0.29) is 0 Å². The zero-order valence-electron chi connectivity index (χ0n) is 7.28. The highest BCUT2D eigenvalue weighted by molar-refractivity contribution is 5.29. The quantitative estimate of drug-likeness (QED) is 0.536. The molecule has 0 aliphatic carbocycles. The van der Waals surface area contributed by atoms with Crippen molar-refractivity contribution < 1.29 is 14.8 Å². The molecule has 0 heterocycles. The predicted molar refractivity (Wildman–Crippen MR) is 45.0 cm³/mol. The molecule has 3 nitrogen and oxygen atoms in total. The summed E-state index contributed by atoms with van der Waals surface area (Å²) < 4.78 is 0. The molecule has 0 unspecified atom stereocenters. The van der Waals surface area contributed by atoms with Crippen molar-refractivity contribution in [3.8, 4) is 0 Å². The molecule has 1 N–H and O–H groups in total. The molecule has 0 bridgehead atoms. The third kappa shape index (κ3) is 4.46. The van der Waals surface area contributed by atoms with Crippen molar-refractivity contribution in [3.05, 3.63) is 30.3 Å². The Kier molecular flexibility index (Phi) is 5.65. The predicted octanol–water partition coefficient (Wildman–Crippen LogP) is -1.17. The molecule has 0 spiro atoms. The number of rotatable bonds is 1. The lowest BCUT2D eigenvalue weighted by Gasteiger charge is -2.03. The van der Waals surface area contributed by atoms with Crippen LogP contribution in [0, 0.1) is 0 Å². The maximum Gasteiger partial charge on any atom is 0.130 e. The number of para-hydroxylation sites is 1. The number of carbonyl (C=O) groups is 1. The van der Waals surface area contributed by atoms with Crippen molar-refractivity contribution in [2.45, 2.75) is 0 Å². The molecule has 3 heteroatoms. The summed E-state index contributed by atoms with van der Waals surface area (Å²) in [6, 6.07) is 10.4. The molecule has 12 heavy (non-hydrogen) atoms. The molecule has 0 saturated carbocycles. The first kappa shape index (κ1) is 10.7. The number of nitrogens with one attached hydrogen (secondary N) is 1. The van der Waals surface area contributed by atoms with Crippen LogP contribution in [0.5, 0.6) is 0 Å². The van der Waals surface area contributed by atoms with Gasteiger partial charge in [0.15, 0.2) is 0 Å². The summed E-state index contributed by atoms with van der Waals surface area (Å²) >= 11 is 0. The fourth-order valence-corrected chi connectivity index (χ4v) is 0.771. The molecule has 1 aromatic carbocycles. The highest BCUT2D eigenvalue weighted by atomic mass is 16.3. The zero-order valence-corrected chi connectivity index (χ0v) is 7.28. The monoisotopic (exact) mass is 167 g/mol. The summed E-state index contributed by atoms with van der Waals surface area (Å²) in [6.07, 6.45) is 0. The van der Waals surface area contributed by atoms with Gasteiger partial charge in [0.1, 0.15) is 5.69 Å². The number of quaternary nitrogens is 1. The molecule has 0 aliphatic heterocycles. The molecule has 0 aliphatic rings. The maximum absolute atomic E-state index is 8.25. The van der Waals surface area contributed by atoms with Gasteiger partial charge in [-0.1, -0.05) is 18.2 Å². The first-order valence-corrected chi connectivity index (χ1v) is 3.63. The summed E-state index contributed by atoms with van der Waals surface area (Å²) in [5, 5.41) is 8.25. The van der Waals surface area contributed by atoms with Crippen molar-refractivity contribution >= 4 is 12.2 Å². The van der Waals surface area contributed by atoms with Crippen LogP contribution in [0.25, 0.3) is 0 Å². The Labute approximate surface area is 72.2 Å². The molecular weight excluding hydrogens is 154 g/mol. The van der Waals surface area contributed by atoms with Crippen LogP contribution in [0.4, 0.5) is 5.69 Å². The normalized spacial score (nSPS) is 8.58. The van der Waals surface area contributed by atoms with Gasteiger partial charge in [-0.3, -0.25) is 0 Å². The van der Waals surface area contributed by atoms with Gasteiger partial charge in [0.2, 0.25) is 0 Å². The van der Waals surface area contributed by atoms with Gasteiger partial charge in [0.25, 0.3) is 0 Å². The SMILES string of the molecule is C[NH+](C)c1ccccc1.O=C[O-]. The second-order valence-corrected chi connectivity index (χ2v) is 2.46. The molecule has 0 aromatic heterocycles. The van der Waals surface area contributed by atoms with Crippen LogP contribution in [-0.2, 0) is 4.79 Å². The van der Waals surface area contributed by atoms with E-state index in [1.807, 2.05) is 6.07 Å². The summed E-state index contributed by atoms with van der Waals surface area (Å²) in [7, 11) is 4.24. The summed E-state index contributed by atoms with van der Waals surface area (Å²) in [6.45, 7) is -0.500. The van der Waals surface area contributed by atoms with Crippen LogP contribution in [-0.4, -0.2) is 20.6 Å². The van der Waals surface area contributed by atoms with Crippen molar-refractivity contribution in [1.29, 1.82) is 0 Å². The lowest BCUT2D eigenvalue weighted by molar-refractivity contribution is -0.786. The molecule has 0 saturated heterocycles. The molecule has 66 valence electrons. The van der Waals surface area contributed by atoms with Gasteiger partial charge in [0, 0.05) is 6.47 Å². The number of carbonyl (C=O) groups excluding carboxylic acids is 1. The van der Waals surface area contributed by atoms with Crippen molar-refractivity contribution in [1.82, 2.24) is 0 Å². The fourth-order valence-electron chi connectivity index (χ4n) is 0.771. The number of carboxylic acid groups (broad SMARTS) is 1. The highest BCUT2D eigenvalue weighted by Crippen LogP contribution is 1.95. The number of hydrogen-bond acceptors (Lipinski definition) is 2. The van der Waals surface area contributed by atoms with E-state index >= 15 is 0 Å². The van der Waals surface area contributed by atoms with Crippen LogP contribution >= 0.6 is 0 Å². The molecular formula is C9H13NO2. The lowest BCUT2D eigenvalue weighted by Crippen LogP contribution is -3.00. The van der Waals surface area contributed by atoms with E-state index in [4.69, 9.17) is 9.90 Å². The smallest absolute Gasteiger partial charge is 0.130 e. The van der Waals surface area contributed by atoms with Crippen molar-refractivity contribution in [3.63, 3.8) is 0 Å². The Balaban J connectivity index is 0.000000354. The second-order valence-electron chi connectivity index (χ2n) is 2.46. The molecule has 1 aromatic rings. The molecule has 0 radical (unpaired) electrons. The largest absolute Gasteiger partial charge is 0.554 e. The third-order valence-electron chi connectivity index (χ3n) is 1.35. The number of hydrogen-bond donors (Lipinski definition) is 1. The molecule has 0 fully saturated rings. The van der Waals surface area contributed by atoms with Gasteiger partial charge in [-0.05, 0) is 12.1 Å². The Morgan fingerprint density at radius 1 is 1.25 bits per heavy atom. The van der Waals surface area contributed by atoms with E-state index in [2.05, 4.69) is 38.4 Å². The van der Waals surface area contributed by atoms with Crippen LogP contribution < -0.4 is 10.0 Å². The van der Waals surface area contributed by atoms with Crippen LogP contribution in [0.1, 0.15) is 0 Å². The minimum absolute atomic E-state index is 0.500. The van der Waals surface area contributed by atoms with E-state index in [0.717, 1.165) is 0 Å². The Bertz CT molecular complexity index is 209. The topological polar surface area (TPSA) is 44.6 Å². The average Bonchev–Trinajstić information content (AvgIpc) is 2.07. The second kappa shape index (κ2) is 6.37. The fraction of sp³-hybridized carbons (Fsp3) is 0.222. The van der Waals surface area contributed by atoms with Gasteiger partial charge < -0.3 is 14.8 Å². The third-order valence-corrected chi connectivity index (χ3v) is 1.35. The van der Waals surface area contributed by atoms with Gasteiger partial charge in [-0.2, -0.15) is 0 Å². The first-order valence-electron chi connectivity index (χ1n) is 3.63. The Morgan fingerprint density at radius 2 is 1.67 bits per heavy atom. The van der Waals surface area contributed by atoms with E-state index in [9.17, 15) is 0 Å². The van der Waals surface area contributed by atoms with Gasteiger partial charge in [0.05, 0.1) is 14.1 Å². The van der Waals surface area contributed by atoms with Crippen molar-refractivity contribution in [2.24, 2.45) is 0 Å². The Hall–Kier alpha value is -1.35. The zero-order chi connectivity index (χ0) is 9.40. The van der Waals surface area contributed by atoms with E-state index in [0.29, 0.717) is 0 Å². The van der Waals surface area contributed by atoms with Gasteiger partial charge >= 0.3 is 0 Å². The summed E-state index contributed by atoms with van der Waals surface area (Å²) in [5.41, 5.74) is 1.33. The van der Waals surface area contributed by atoms with Crippen LogP contribution in [0.2, 0.25) is 0 Å². The van der Waals surface area contributed by atoms with E-state index in [1.165, 1.54) is 10.6 Å². The minimum Gasteiger partial charge on any atom is -0.554 e.